The van der Waals surface area contributed by atoms with Crippen molar-refractivity contribution < 1.29 is 27.6 Å². The Kier molecular flexibility index (Phi) is 6.06. The van der Waals surface area contributed by atoms with Gasteiger partial charge in [-0.15, -0.1) is 0 Å². The molecule has 0 saturated heterocycles. The number of hydrogen-bond acceptors (Lipinski definition) is 5. The standard InChI is InChI=1S/C25H20F3N3O4/c1-24(2,25(26,27)28)19-9-6-16(7-10-19)21-29-22(35-30-21)18-8-11-20(32)31(14-18)13-15-4-3-5-17(12-15)23(33)34/h3-12,14H,13H2,1-2H3,(H,33,34). The van der Waals surface area contributed by atoms with Gasteiger partial charge in [0.15, 0.2) is 0 Å². The van der Waals surface area contributed by atoms with Gasteiger partial charge >= 0.3 is 12.1 Å². The number of aromatic nitrogens is 3. The number of rotatable bonds is 6. The number of halogens is 3. The van der Waals surface area contributed by atoms with Crippen molar-refractivity contribution in [2.75, 3.05) is 0 Å². The van der Waals surface area contributed by atoms with E-state index in [0.29, 0.717) is 16.7 Å². The summed E-state index contributed by atoms with van der Waals surface area (Å²) in [4.78, 5) is 27.8. The molecule has 2 aromatic carbocycles. The van der Waals surface area contributed by atoms with Gasteiger partial charge in [0.2, 0.25) is 5.82 Å². The second kappa shape index (κ2) is 8.86. The van der Waals surface area contributed by atoms with E-state index in [1.165, 1.54) is 59.3 Å². The van der Waals surface area contributed by atoms with Gasteiger partial charge in [-0.3, -0.25) is 4.79 Å². The van der Waals surface area contributed by atoms with E-state index in [0.717, 1.165) is 13.8 Å². The Morgan fingerprint density at radius 1 is 1.03 bits per heavy atom. The van der Waals surface area contributed by atoms with Gasteiger partial charge < -0.3 is 14.2 Å². The molecule has 35 heavy (non-hydrogen) atoms. The molecule has 0 radical (unpaired) electrons. The van der Waals surface area contributed by atoms with Crippen molar-refractivity contribution in [2.45, 2.75) is 32.0 Å². The number of aromatic carboxylic acids is 1. The first-order valence-electron chi connectivity index (χ1n) is 10.5. The van der Waals surface area contributed by atoms with Crippen molar-refractivity contribution in [3.05, 3.63) is 93.9 Å². The second-order valence-electron chi connectivity index (χ2n) is 8.51. The number of carbonyl (C=O) groups is 1. The first-order valence-corrected chi connectivity index (χ1v) is 10.5. The highest BCUT2D eigenvalue weighted by molar-refractivity contribution is 5.87. The summed E-state index contributed by atoms with van der Waals surface area (Å²) >= 11 is 0. The molecule has 0 spiro atoms. The van der Waals surface area contributed by atoms with Gasteiger partial charge in [-0.1, -0.05) is 41.6 Å². The van der Waals surface area contributed by atoms with Crippen LogP contribution in [0, 0.1) is 0 Å². The molecule has 0 atom stereocenters. The van der Waals surface area contributed by atoms with Gasteiger partial charge in [-0.2, -0.15) is 18.2 Å². The van der Waals surface area contributed by atoms with E-state index in [1.807, 2.05) is 0 Å². The van der Waals surface area contributed by atoms with E-state index < -0.39 is 17.6 Å². The van der Waals surface area contributed by atoms with E-state index >= 15 is 0 Å². The zero-order valence-electron chi connectivity index (χ0n) is 18.7. The molecule has 0 unspecified atom stereocenters. The Hall–Kier alpha value is -4.21. The van der Waals surface area contributed by atoms with Crippen LogP contribution in [0.2, 0.25) is 0 Å². The third-order valence-corrected chi connectivity index (χ3v) is 5.76. The summed E-state index contributed by atoms with van der Waals surface area (Å²) in [6.07, 6.45) is -2.88. The van der Waals surface area contributed by atoms with Gasteiger partial charge in [-0.05, 0) is 43.2 Å². The Morgan fingerprint density at radius 3 is 2.37 bits per heavy atom. The van der Waals surface area contributed by atoms with E-state index in [4.69, 9.17) is 9.63 Å². The fraction of sp³-hybridized carbons (Fsp3) is 0.200. The molecule has 1 N–H and O–H groups in total. The topological polar surface area (TPSA) is 98.2 Å². The van der Waals surface area contributed by atoms with Crippen molar-refractivity contribution in [2.24, 2.45) is 0 Å². The lowest BCUT2D eigenvalue weighted by atomic mass is 9.83. The zero-order chi connectivity index (χ0) is 25.4. The van der Waals surface area contributed by atoms with Gasteiger partial charge in [0, 0.05) is 17.8 Å². The Labute approximate surface area is 197 Å². The average Bonchev–Trinajstić information content (AvgIpc) is 3.30. The van der Waals surface area contributed by atoms with Crippen molar-refractivity contribution in [1.29, 1.82) is 0 Å². The summed E-state index contributed by atoms with van der Waals surface area (Å²) in [6.45, 7) is 2.36. The molecule has 0 amide bonds. The van der Waals surface area contributed by atoms with Crippen LogP contribution in [0.15, 0.2) is 76.2 Å². The van der Waals surface area contributed by atoms with Crippen molar-refractivity contribution >= 4 is 5.97 Å². The number of alkyl halides is 3. The molecule has 0 aliphatic rings. The fourth-order valence-electron chi connectivity index (χ4n) is 3.44. The predicted molar refractivity (Wildman–Crippen MR) is 121 cm³/mol. The maximum Gasteiger partial charge on any atom is 0.397 e. The molecule has 0 aliphatic heterocycles. The largest absolute Gasteiger partial charge is 0.478 e. The number of carboxylic acids is 1. The minimum atomic E-state index is -4.40. The summed E-state index contributed by atoms with van der Waals surface area (Å²) in [6, 6.07) is 14.8. The van der Waals surface area contributed by atoms with Crippen LogP contribution in [0.5, 0.6) is 0 Å². The lowest BCUT2D eigenvalue weighted by Crippen LogP contribution is -2.36. The monoisotopic (exact) mass is 483 g/mol. The summed E-state index contributed by atoms with van der Waals surface area (Å²) < 4.78 is 46.6. The summed E-state index contributed by atoms with van der Waals surface area (Å²) in [7, 11) is 0. The van der Waals surface area contributed by atoms with E-state index in [2.05, 4.69) is 10.1 Å². The van der Waals surface area contributed by atoms with Gasteiger partial charge in [-0.25, -0.2) is 4.79 Å². The predicted octanol–water partition coefficient (Wildman–Crippen LogP) is 5.15. The number of benzene rings is 2. The second-order valence-corrected chi connectivity index (χ2v) is 8.51. The van der Waals surface area contributed by atoms with E-state index in [1.54, 1.807) is 12.1 Å². The molecule has 2 heterocycles. The van der Waals surface area contributed by atoms with Crippen molar-refractivity contribution in [3.8, 4) is 22.8 Å². The van der Waals surface area contributed by atoms with Crippen LogP contribution < -0.4 is 5.56 Å². The minimum Gasteiger partial charge on any atom is -0.478 e. The highest BCUT2D eigenvalue weighted by Gasteiger charge is 2.48. The molecular formula is C25H20F3N3O4. The van der Waals surface area contributed by atoms with Gasteiger partial charge in [0.1, 0.15) is 0 Å². The number of pyridine rings is 1. The highest BCUT2D eigenvalue weighted by Crippen LogP contribution is 2.40. The smallest absolute Gasteiger partial charge is 0.397 e. The van der Waals surface area contributed by atoms with E-state index in [9.17, 15) is 22.8 Å². The van der Waals surface area contributed by atoms with Crippen LogP contribution in [-0.4, -0.2) is 32.0 Å². The molecule has 0 bridgehead atoms. The molecular weight excluding hydrogens is 463 g/mol. The first-order chi connectivity index (χ1) is 16.5. The number of carboxylic acid groups (broad SMARTS) is 1. The average molecular weight is 483 g/mol. The van der Waals surface area contributed by atoms with Crippen molar-refractivity contribution in [3.63, 3.8) is 0 Å². The van der Waals surface area contributed by atoms with Crippen LogP contribution in [0.1, 0.15) is 35.3 Å². The molecule has 4 rings (SSSR count). The molecule has 0 aliphatic carbocycles. The highest BCUT2D eigenvalue weighted by atomic mass is 19.4. The normalized spacial score (nSPS) is 12.0. The van der Waals surface area contributed by atoms with Crippen LogP contribution in [0.3, 0.4) is 0 Å². The minimum absolute atomic E-state index is 0.108. The van der Waals surface area contributed by atoms with Crippen LogP contribution in [-0.2, 0) is 12.0 Å². The first kappa shape index (κ1) is 23.9. The maximum absolute atomic E-state index is 13.3. The quantitative estimate of drug-likeness (QED) is 0.407. The van der Waals surface area contributed by atoms with Crippen molar-refractivity contribution in [1.82, 2.24) is 14.7 Å². The molecule has 0 saturated carbocycles. The Morgan fingerprint density at radius 2 is 1.71 bits per heavy atom. The lowest BCUT2D eigenvalue weighted by molar-refractivity contribution is -0.180. The molecule has 4 aromatic rings. The lowest BCUT2D eigenvalue weighted by Gasteiger charge is -2.28. The third-order valence-electron chi connectivity index (χ3n) is 5.76. The molecule has 10 heteroatoms. The Bertz CT molecular complexity index is 1440. The van der Waals surface area contributed by atoms with E-state index in [-0.39, 0.29) is 34.9 Å². The number of hydrogen-bond donors (Lipinski definition) is 1. The summed E-state index contributed by atoms with van der Waals surface area (Å²) in [5.41, 5.74) is -0.553. The third kappa shape index (κ3) is 4.86. The Balaban J connectivity index is 1.59. The summed E-state index contributed by atoms with van der Waals surface area (Å²) in [5.74, 6) is -0.766. The fourth-order valence-corrected chi connectivity index (χ4v) is 3.44. The molecule has 0 fully saturated rings. The summed E-state index contributed by atoms with van der Waals surface area (Å²) in [5, 5.41) is 13.1. The van der Waals surface area contributed by atoms with Crippen LogP contribution >= 0.6 is 0 Å². The van der Waals surface area contributed by atoms with Crippen LogP contribution in [0.25, 0.3) is 22.8 Å². The van der Waals surface area contributed by atoms with Gasteiger partial charge in [0.05, 0.1) is 23.1 Å². The van der Waals surface area contributed by atoms with Gasteiger partial charge in [0.25, 0.3) is 11.4 Å². The maximum atomic E-state index is 13.3. The molecule has 180 valence electrons. The number of nitrogens with zero attached hydrogens (tertiary/aromatic N) is 3. The molecule has 7 nitrogen and oxygen atoms in total. The van der Waals surface area contributed by atoms with Crippen LogP contribution in [0.4, 0.5) is 13.2 Å². The SMILES string of the molecule is CC(C)(c1ccc(-c2noc(-c3ccc(=O)n(Cc4cccc(C(=O)O)c4)c3)n2)cc1)C(F)(F)F. The zero-order valence-corrected chi connectivity index (χ0v) is 18.7. The molecule has 2 aromatic heterocycles.